The lowest BCUT2D eigenvalue weighted by Crippen LogP contribution is -2.11. The van der Waals surface area contributed by atoms with Crippen LogP contribution in [-0.2, 0) is 6.42 Å². The van der Waals surface area contributed by atoms with Gasteiger partial charge in [0.15, 0.2) is 11.5 Å². The molecule has 6 heteroatoms. The van der Waals surface area contributed by atoms with Crippen LogP contribution in [0.25, 0.3) is 11.1 Å². The Morgan fingerprint density at radius 1 is 1.07 bits per heavy atom. The molecule has 3 aromatic carbocycles. The van der Waals surface area contributed by atoms with Crippen LogP contribution in [0.15, 0.2) is 59.0 Å². The van der Waals surface area contributed by atoms with Crippen molar-refractivity contribution in [2.75, 3.05) is 12.4 Å². The van der Waals surface area contributed by atoms with E-state index in [2.05, 4.69) is 24.1 Å². The lowest BCUT2D eigenvalue weighted by atomic mass is 10.1. The van der Waals surface area contributed by atoms with Crippen molar-refractivity contribution in [2.45, 2.75) is 20.3 Å². The van der Waals surface area contributed by atoms with Gasteiger partial charge in [-0.3, -0.25) is 4.79 Å². The summed E-state index contributed by atoms with van der Waals surface area (Å²) in [6, 6.07) is 16.6. The van der Waals surface area contributed by atoms with Crippen LogP contribution in [-0.4, -0.2) is 18.0 Å². The average Bonchev–Trinajstić information content (AvgIpc) is 3.10. The summed E-state index contributed by atoms with van der Waals surface area (Å²) in [5.41, 5.74) is 6.25. The summed E-state index contributed by atoms with van der Waals surface area (Å²) in [4.78, 5) is 17.0. The minimum atomic E-state index is -0.239. The Hall–Kier alpha value is -3.31. The third-order valence-electron chi connectivity index (χ3n) is 5.03. The summed E-state index contributed by atoms with van der Waals surface area (Å²) in [7, 11) is 1.53. The molecule has 0 bridgehead atoms. The Kier molecular flexibility index (Phi) is 5.46. The van der Waals surface area contributed by atoms with Gasteiger partial charge < -0.3 is 14.5 Å². The van der Waals surface area contributed by atoms with E-state index in [1.54, 1.807) is 18.2 Å². The molecule has 30 heavy (non-hydrogen) atoms. The van der Waals surface area contributed by atoms with Crippen molar-refractivity contribution in [1.29, 1.82) is 0 Å². The Balaban J connectivity index is 1.45. The predicted octanol–water partition coefficient (Wildman–Crippen LogP) is 5.95. The zero-order chi connectivity index (χ0) is 21.3. The number of hydrogen-bond acceptors (Lipinski definition) is 4. The second kappa shape index (κ2) is 8.20. The fourth-order valence-corrected chi connectivity index (χ4v) is 3.45. The number of methoxy groups -OCH3 is 1. The smallest absolute Gasteiger partial charge is 0.255 e. The number of rotatable bonds is 5. The lowest BCUT2D eigenvalue weighted by molar-refractivity contribution is 0.102. The van der Waals surface area contributed by atoms with Crippen molar-refractivity contribution in [3.05, 3.63) is 87.8 Å². The molecular weight excluding hydrogens is 400 g/mol. The molecule has 0 fully saturated rings. The van der Waals surface area contributed by atoms with Gasteiger partial charge in [0.25, 0.3) is 5.91 Å². The number of benzene rings is 3. The molecule has 5 nitrogen and oxygen atoms in total. The topological polar surface area (TPSA) is 64.4 Å². The number of carbonyl (C=O) groups is 1. The molecular formula is C24H21ClN2O3. The number of fused-ring (bicyclic) bond motifs is 1. The fraction of sp³-hybridized carbons (Fsp3) is 0.167. The molecule has 0 spiro atoms. The van der Waals surface area contributed by atoms with Gasteiger partial charge in [0.1, 0.15) is 11.3 Å². The predicted molar refractivity (Wildman–Crippen MR) is 119 cm³/mol. The molecule has 1 aromatic heterocycles. The van der Waals surface area contributed by atoms with Gasteiger partial charge in [-0.05, 0) is 73.0 Å². The van der Waals surface area contributed by atoms with Crippen molar-refractivity contribution >= 4 is 34.3 Å². The summed E-state index contributed by atoms with van der Waals surface area (Å²) in [5.74, 6) is 0.957. The highest BCUT2D eigenvalue weighted by Gasteiger charge is 2.11. The highest BCUT2D eigenvalue weighted by atomic mass is 35.5. The summed E-state index contributed by atoms with van der Waals surface area (Å²) in [6.45, 7) is 4.12. The van der Waals surface area contributed by atoms with Gasteiger partial charge in [-0.2, -0.15) is 0 Å². The number of nitrogens with one attached hydrogen (secondary N) is 1. The number of ether oxygens (including phenoxy) is 1. The van der Waals surface area contributed by atoms with E-state index in [4.69, 9.17) is 20.8 Å². The van der Waals surface area contributed by atoms with Crippen LogP contribution in [0.3, 0.4) is 0 Å². The molecule has 1 heterocycles. The van der Waals surface area contributed by atoms with Gasteiger partial charge in [-0.25, -0.2) is 4.98 Å². The van der Waals surface area contributed by atoms with Crippen LogP contribution in [0.2, 0.25) is 5.02 Å². The molecule has 4 aromatic rings. The molecule has 4 rings (SSSR count). The van der Waals surface area contributed by atoms with E-state index in [0.717, 1.165) is 16.7 Å². The molecule has 1 N–H and O–H groups in total. The summed E-state index contributed by atoms with van der Waals surface area (Å²) < 4.78 is 11.0. The van der Waals surface area contributed by atoms with Gasteiger partial charge in [0, 0.05) is 17.7 Å². The minimum absolute atomic E-state index is 0.239. The molecule has 0 saturated heterocycles. The maximum atomic E-state index is 12.5. The normalized spacial score (nSPS) is 10.9. The number of anilines is 1. The van der Waals surface area contributed by atoms with E-state index >= 15 is 0 Å². The minimum Gasteiger partial charge on any atom is -0.495 e. The zero-order valence-corrected chi connectivity index (χ0v) is 17.7. The molecule has 0 radical (unpaired) electrons. The first-order valence-corrected chi connectivity index (χ1v) is 9.91. The number of halogens is 1. The van der Waals surface area contributed by atoms with Crippen LogP contribution >= 0.6 is 11.6 Å². The van der Waals surface area contributed by atoms with Crippen molar-refractivity contribution in [2.24, 2.45) is 0 Å². The number of carbonyl (C=O) groups excluding carboxylic acids is 1. The van der Waals surface area contributed by atoms with Gasteiger partial charge in [-0.1, -0.05) is 23.7 Å². The van der Waals surface area contributed by atoms with Crippen LogP contribution in [0.5, 0.6) is 5.75 Å². The van der Waals surface area contributed by atoms with Crippen molar-refractivity contribution in [1.82, 2.24) is 4.98 Å². The summed E-state index contributed by atoms with van der Waals surface area (Å²) >= 11 is 6.10. The number of oxazole rings is 1. The molecule has 0 aliphatic heterocycles. The lowest BCUT2D eigenvalue weighted by Gasteiger charge is -2.08. The molecule has 0 atom stereocenters. The number of amides is 1. The maximum Gasteiger partial charge on any atom is 0.255 e. The van der Waals surface area contributed by atoms with Crippen molar-refractivity contribution in [3.8, 4) is 5.75 Å². The van der Waals surface area contributed by atoms with Crippen LogP contribution in [0.4, 0.5) is 5.69 Å². The molecule has 0 saturated carbocycles. The van der Waals surface area contributed by atoms with Crippen molar-refractivity contribution < 1.29 is 13.9 Å². The second-order valence-electron chi connectivity index (χ2n) is 7.19. The van der Waals surface area contributed by atoms with E-state index in [-0.39, 0.29) is 5.91 Å². The third kappa shape index (κ3) is 4.16. The van der Waals surface area contributed by atoms with Gasteiger partial charge in [0.05, 0.1) is 12.1 Å². The Morgan fingerprint density at radius 2 is 1.80 bits per heavy atom. The molecule has 0 aliphatic rings. The van der Waals surface area contributed by atoms with Gasteiger partial charge >= 0.3 is 0 Å². The number of nitrogens with zero attached hydrogens (tertiary/aromatic N) is 1. The molecule has 0 unspecified atom stereocenters. The Labute approximate surface area is 179 Å². The third-order valence-corrected chi connectivity index (χ3v) is 5.32. The van der Waals surface area contributed by atoms with E-state index in [0.29, 0.717) is 34.3 Å². The Bertz CT molecular complexity index is 1190. The molecule has 1 amide bonds. The number of aryl methyl sites for hydroxylation is 2. The largest absolute Gasteiger partial charge is 0.495 e. The van der Waals surface area contributed by atoms with E-state index < -0.39 is 0 Å². The highest BCUT2D eigenvalue weighted by Crippen LogP contribution is 2.26. The maximum absolute atomic E-state index is 12.5. The van der Waals surface area contributed by atoms with Crippen LogP contribution in [0, 0.1) is 13.8 Å². The monoisotopic (exact) mass is 420 g/mol. The fourth-order valence-electron chi connectivity index (χ4n) is 3.19. The summed E-state index contributed by atoms with van der Waals surface area (Å²) in [6.07, 6.45) is 0.578. The first kappa shape index (κ1) is 20.0. The van der Waals surface area contributed by atoms with Crippen molar-refractivity contribution in [3.63, 3.8) is 0 Å². The standard InChI is InChI=1S/C24H21ClN2O3/c1-14-10-20-22(11-15(14)2)30-23(27-20)12-16-4-7-18(8-5-16)26-24(28)17-6-9-21(29-3)19(25)13-17/h4-11,13H,12H2,1-3H3,(H,26,28). The quantitative estimate of drug-likeness (QED) is 0.433. The Morgan fingerprint density at radius 3 is 2.50 bits per heavy atom. The number of aromatic nitrogens is 1. The SMILES string of the molecule is COc1ccc(C(=O)Nc2ccc(Cc3nc4cc(C)c(C)cc4o3)cc2)cc1Cl. The van der Waals surface area contributed by atoms with Gasteiger partial charge in [0.2, 0.25) is 0 Å². The van der Waals surface area contributed by atoms with Crippen LogP contribution < -0.4 is 10.1 Å². The first-order valence-electron chi connectivity index (χ1n) is 9.53. The average molecular weight is 421 g/mol. The molecule has 152 valence electrons. The number of hydrogen-bond donors (Lipinski definition) is 1. The van der Waals surface area contributed by atoms with E-state index in [1.807, 2.05) is 36.4 Å². The highest BCUT2D eigenvalue weighted by molar-refractivity contribution is 6.32. The summed E-state index contributed by atoms with van der Waals surface area (Å²) in [5, 5.41) is 3.26. The molecule has 0 aliphatic carbocycles. The van der Waals surface area contributed by atoms with E-state index in [1.165, 1.54) is 18.2 Å². The van der Waals surface area contributed by atoms with E-state index in [9.17, 15) is 4.79 Å². The van der Waals surface area contributed by atoms with Crippen LogP contribution in [0.1, 0.15) is 32.9 Å². The second-order valence-corrected chi connectivity index (χ2v) is 7.60. The zero-order valence-electron chi connectivity index (χ0n) is 17.0. The van der Waals surface area contributed by atoms with Gasteiger partial charge in [-0.15, -0.1) is 0 Å². The first-order chi connectivity index (χ1) is 14.4.